The van der Waals surface area contributed by atoms with E-state index in [0.717, 1.165) is 0 Å². The van der Waals surface area contributed by atoms with Crippen LogP contribution in [0.15, 0.2) is 24.8 Å². The molecule has 20 heavy (non-hydrogen) atoms. The highest BCUT2D eigenvalue weighted by molar-refractivity contribution is 5.79. The highest BCUT2D eigenvalue weighted by Crippen LogP contribution is 2.38. The number of carbonyl (C=O) groups excluding carboxylic acids is 2. The van der Waals surface area contributed by atoms with Crippen LogP contribution in [0, 0.1) is 0 Å². The summed E-state index contributed by atoms with van der Waals surface area (Å²) < 4.78 is 15.7. The molecule has 0 heterocycles. The first-order valence-corrected chi connectivity index (χ1v) is 5.87. The summed E-state index contributed by atoms with van der Waals surface area (Å²) in [6.07, 6.45) is 2.24. The maximum atomic E-state index is 11.5. The normalized spacial score (nSPS) is 9.50. The number of hydrogen-bond donors (Lipinski definition) is 1. The SMILES string of the molecule is C=CCNC(=O)COc1c(OC)cc(C=O)cc1OC. The number of ether oxygens (including phenoxy) is 3. The van der Waals surface area contributed by atoms with Crippen molar-refractivity contribution >= 4 is 12.2 Å². The first kappa shape index (κ1) is 15.6. The van der Waals surface area contributed by atoms with Crippen LogP contribution in [0.4, 0.5) is 0 Å². The van der Waals surface area contributed by atoms with Crippen LogP contribution in [0.2, 0.25) is 0 Å². The van der Waals surface area contributed by atoms with Gasteiger partial charge in [-0.25, -0.2) is 0 Å². The van der Waals surface area contributed by atoms with E-state index in [1.807, 2.05) is 0 Å². The lowest BCUT2D eigenvalue weighted by Gasteiger charge is -2.14. The highest BCUT2D eigenvalue weighted by atomic mass is 16.5. The highest BCUT2D eigenvalue weighted by Gasteiger charge is 2.15. The maximum absolute atomic E-state index is 11.5. The van der Waals surface area contributed by atoms with Gasteiger partial charge in [-0.15, -0.1) is 6.58 Å². The first-order chi connectivity index (χ1) is 9.65. The summed E-state index contributed by atoms with van der Waals surface area (Å²) in [5.74, 6) is 0.619. The van der Waals surface area contributed by atoms with Gasteiger partial charge >= 0.3 is 0 Å². The van der Waals surface area contributed by atoms with E-state index in [0.29, 0.717) is 29.9 Å². The van der Waals surface area contributed by atoms with E-state index in [2.05, 4.69) is 11.9 Å². The van der Waals surface area contributed by atoms with Crippen LogP contribution < -0.4 is 19.5 Å². The molecule has 1 aromatic carbocycles. The lowest BCUT2D eigenvalue weighted by molar-refractivity contribution is -0.122. The molecule has 0 aliphatic heterocycles. The largest absolute Gasteiger partial charge is 0.493 e. The van der Waals surface area contributed by atoms with E-state index < -0.39 is 0 Å². The molecule has 0 aromatic heterocycles. The predicted octanol–water partition coefficient (Wildman–Crippen LogP) is 1.20. The van der Waals surface area contributed by atoms with Crippen LogP contribution in [0.5, 0.6) is 17.2 Å². The third-order valence-corrected chi connectivity index (χ3v) is 2.41. The molecule has 6 heteroatoms. The minimum Gasteiger partial charge on any atom is -0.493 e. The number of methoxy groups -OCH3 is 2. The Hall–Kier alpha value is -2.50. The van der Waals surface area contributed by atoms with Gasteiger partial charge in [0, 0.05) is 12.1 Å². The van der Waals surface area contributed by atoms with Crippen molar-refractivity contribution in [2.24, 2.45) is 0 Å². The molecular weight excluding hydrogens is 262 g/mol. The van der Waals surface area contributed by atoms with E-state index in [1.54, 1.807) is 6.08 Å². The Morgan fingerprint density at radius 3 is 2.35 bits per heavy atom. The molecule has 1 amide bonds. The van der Waals surface area contributed by atoms with Crippen LogP contribution in [0.1, 0.15) is 10.4 Å². The summed E-state index contributed by atoms with van der Waals surface area (Å²) in [6, 6.07) is 3.01. The van der Waals surface area contributed by atoms with Gasteiger partial charge < -0.3 is 19.5 Å². The van der Waals surface area contributed by atoms with Gasteiger partial charge in [-0.1, -0.05) is 6.08 Å². The Labute approximate surface area is 117 Å². The fourth-order valence-electron chi connectivity index (χ4n) is 1.49. The lowest BCUT2D eigenvalue weighted by Crippen LogP contribution is -2.28. The van der Waals surface area contributed by atoms with Crippen LogP contribution >= 0.6 is 0 Å². The quantitative estimate of drug-likeness (QED) is 0.571. The molecule has 0 atom stereocenters. The second-order valence-electron chi connectivity index (χ2n) is 3.75. The molecule has 108 valence electrons. The summed E-state index contributed by atoms with van der Waals surface area (Å²) in [6.45, 7) is 3.66. The zero-order valence-electron chi connectivity index (χ0n) is 11.5. The van der Waals surface area contributed by atoms with Crippen LogP contribution in [0.25, 0.3) is 0 Å². The first-order valence-electron chi connectivity index (χ1n) is 5.87. The van der Waals surface area contributed by atoms with Gasteiger partial charge in [-0.05, 0) is 12.1 Å². The topological polar surface area (TPSA) is 73.9 Å². The fraction of sp³-hybridized carbons (Fsp3) is 0.286. The maximum Gasteiger partial charge on any atom is 0.258 e. The third-order valence-electron chi connectivity index (χ3n) is 2.41. The molecule has 0 spiro atoms. The van der Waals surface area contributed by atoms with Crippen molar-refractivity contribution < 1.29 is 23.8 Å². The molecule has 0 saturated heterocycles. The van der Waals surface area contributed by atoms with Crippen molar-refractivity contribution in [1.29, 1.82) is 0 Å². The molecule has 0 saturated carbocycles. The van der Waals surface area contributed by atoms with E-state index >= 15 is 0 Å². The van der Waals surface area contributed by atoms with Gasteiger partial charge in [0.25, 0.3) is 5.91 Å². The van der Waals surface area contributed by atoms with Crippen LogP contribution in [-0.2, 0) is 4.79 Å². The summed E-state index contributed by atoms with van der Waals surface area (Å²) in [7, 11) is 2.88. The lowest BCUT2D eigenvalue weighted by atomic mass is 10.2. The zero-order chi connectivity index (χ0) is 15.0. The summed E-state index contributed by atoms with van der Waals surface area (Å²) >= 11 is 0. The molecule has 6 nitrogen and oxygen atoms in total. The summed E-state index contributed by atoms with van der Waals surface area (Å²) in [5.41, 5.74) is 0.391. The van der Waals surface area contributed by atoms with Gasteiger partial charge in [0.1, 0.15) is 6.29 Å². The Kier molecular flexibility index (Phi) is 6.09. The fourth-order valence-corrected chi connectivity index (χ4v) is 1.49. The number of amides is 1. The Balaban J connectivity index is 2.89. The van der Waals surface area contributed by atoms with Crippen molar-refractivity contribution in [3.8, 4) is 17.2 Å². The third kappa shape index (κ3) is 4.01. The molecule has 1 rings (SSSR count). The number of benzene rings is 1. The summed E-state index contributed by atoms with van der Waals surface area (Å²) in [4.78, 5) is 22.3. The minimum atomic E-state index is -0.298. The smallest absolute Gasteiger partial charge is 0.258 e. The molecule has 1 aromatic rings. The average molecular weight is 279 g/mol. The van der Waals surface area contributed by atoms with Crippen molar-refractivity contribution in [1.82, 2.24) is 5.32 Å². The number of carbonyl (C=O) groups is 2. The molecule has 0 aliphatic carbocycles. The van der Waals surface area contributed by atoms with Gasteiger partial charge in [0.05, 0.1) is 14.2 Å². The number of rotatable bonds is 8. The minimum absolute atomic E-state index is 0.193. The van der Waals surface area contributed by atoms with Gasteiger partial charge in [-0.2, -0.15) is 0 Å². The predicted molar refractivity (Wildman–Crippen MR) is 73.6 cm³/mol. The molecule has 0 aliphatic rings. The van der Waals surface area contributed by atoms with Crippen LogP contribution in [0.3, 0.4) is 0 Å². The second kappa shape index (κ2) is 7.83. The van der Waals surface area contributed by atoms with Crippen molar-refractivity contribution in [3.05, 3.63) is 30.4 Å². The van der Waals surface area contributed by atoms with Gasteiger partial charge in [0.2, 0.25) is 5.75 Å². The van der Waals surface area contributed by atoms with Crippen molar-refractivity contribution in [2.45, 2.75) is 0 Å². The van der Waals surface area contributed by atoms with E-state index in [-0.39, 0.29) is 18.3 Å². The van der Waals surface area contributed by atoms with E-state index in [1.165, 1.54) is 26.4 Å². The summed E-state index contributed by atoms with van der Waals surface area (Å²) in [5, 5.41) is 2.58. The monoisotopic (exact) mass is 279 g/mol. The van der Waals surface area contributed by atoms with Crippen LogP contribution in [-0.4, -0.2) is 39.6 Å². The molecule has 0 fully saturated rings. The van der Waals surface area contributed by atoms with E-state index in [9.17, 15) is 9.59 Å². The van der Waals surface area contributed by atoms with Crippen molar-refractivity contribution in [3.63, 3.8) is 0 Å². The van der Waals surface area contributed by atoms with Crippen molar-refractivity contribution in [2.75, 3.05) is 27.4 Å². The molecule has 0 unspecified atom stereocenters. The Morgan fingerprint density at radius 2 is 1.90 bits per heavy atom. The molecule has 1 N–H and O–H groups in total. The molecule has 0 bridgehead atoms. The molecular formula is C14H17NO5. The second-order valence-corrected chi connectivity index (χ2v) is 3.75. The zero-order valence-corrected chi connectivity index (χ0v) is 11.5. The molecule has 0 radical (unpaired) electrons. The Morgan fingerprint density at radius 1 is 1.30 bits per heavy atom. The number of nitrogens with one attached hydrogen (secondary N) is 1. The average Bonchev–Trinajstić information content (AvgIpc) is 2.49. The van der Waals surface area contributed by atoms with E-state index in [4.69, 9.17) is 14.2 Å². The standard InChI is InChI=1S/C14H17NO5/c1-4-5-15-13(17)9-20-14-11(18-2)6-10(8-16)7-12(14)19-3/h4,6-8H,1,5,9H2,2-3H3,(H,15,17). The van der Waals surface area contributed by atoms with Gasteiger partial charge in [0.15, 0.2) is 18.1 Å². The number of hydrogen-bond acceptors (Lipinski definition) is 5. The Bertz CT molecular complexity index is 473. The number of aldehydes is 1. The van der Waals surface area contributed by atoms with Gasteiger partial charge in [-0.3, -0.25) is 9.59 Å².